The van der Waals surface area contributed by atoms with Crippen LogP contribution in [0.15, 0.2) is 12.1 Å². The van der Waals surface area contributed by atoms with E-state index in [4.69, 9.17) is 0 Å². The summed E-state index contributed by atoms with van der Waals surface area (Å²) in [7, 11) is 2.14. The van der Waals surface area contributed by atoms with E-state index < -0.39 is 0 Å². The number of rotatable bonds is 3. The van der Waals surface area contributed by atoms with Gasteiger partial charge in [0.05, 0.1) is 0 Å². The number of nitrogens with zero attached hydrogens (tertiary/aromatic N) is 2. The highest BCUT2D eigenvalue weighted by Gasteiger charge is 2.39. The van der Waals surface area contributed by atoms with Crippen LogP contribution in [0.5, 0.6) is 5.75 Å². The van der Waals surface area contributed by atoms with Gasteiger partial charge in [0, 0.05) is 25.7 Å². The Morgan fingerprint density at radius 2 is 1.92 bits per heavy atom. The third kappa shape index (κ3) is 3.51. The number of likely N-dealkylation sites (N-methyl/N-ethyl adjacent to an activating group) is 1. The number of aryl methyl sites for hydroxylation is 2. The van der Waals surface area contributed by atoms with Crippen molar-refractivity contribution in [3.05, 3.63) is 28.8 Å². The van der Waals surface area contributed by atoms with E-state index in [1.807, 2.05) is 30.9 Å². The molecule has 0 aliphatic carbocycles. The number of hydrogen-bond donors (Lipinski definition) is 2. The molecule has 2 aliphatic rings. The summed E-state index contributed by atoms with van der Waals surface area (Å²) in [5.41, 5.74) is 2.94. The van der Waals surface area contributed by atoms with Crippen LogP contribution >= 0.6 is 0 Å². The summed E-state index contributed by atoms with van der Waals surface area (Å²) in [6.45, 7) is 7.48. The molecule has 0 radical (unpaired) electrons. The Balaban J connectivity index is 1.53. The van der Waals surface area contributed by atoms with Gasteiger partial charge in [0.1, 0.15) is 5.75 Å². The maximum Gasteiger partial charge on any atom is 0.317 e. The fraction of sp³-hybridized carbons (Fsp3) is 0.632. The number of phenols is 1. The summed E-state index contributed by atoms with van der Waals surface area (Å²) in [6, 6.07) is 4.44. The van der Waals surface area contributed by atoms with Gasteiger partial charge in [-0.1, -0.05) is 12.1 Å². The number of urea groups is 1. The Hall–Kier alpha value is -1.75. The minimum absolute atomic E-state index is 0.0741. The van der Waals surface area contributed by atoms with Crippen molar-refractivity contribution in [2.75, 3.05) is 33.2 Å². The third-order valence-electron chi connectivity index (χ3n) is 5.57. The molecule has 1 aromatic carbocycles. The number of piperidine rings is 1. The summed E-state index contributed by atoms with van der Waals surface area (Å²) < 4.78 is 0. The molecule has 0 bridgehead atoms. The molecule has 2 N–H and O–H groups in total. The normalized spacial score (nSPS) is 24.0. The van der Waals surface area contributed by atoms with E-state index in [0.29, 0.717) is 24.3 Å². The molecular weight excluding hydrogens is 302 g/mol. The van der Waals surface area contributed by atoms with Crippen LogP contribution in [0.2, 0.25) is 0 Å². The van der Waals surface area contributed by atoms with Crippen LogP contribution in [-0.2, 0) is 6.42 Å². The van der Waals surface area contributed by atoms with Gasteiger partial charge in [-0.25, -0.2) is 4.79 Å². The molecule has 3 rings (SSSR count). The zero-order valence-electron chi connectivity index (χ0n) is 15.0. The lowest BCUT2D eigenvalue weighted by molar-refractivity contribution is 0.131. The van der Waals surface area contributed by atoms with Gasteiger partial charge in [0.15, 0.2) is 0 Å². The predicted molar refractivity (Wildman–Crippen MR) is 95.4 cm³/mol. The predicted octanol–water partition coefficient (Wildman–Crippen LogP) is 2.29. The van der Waals surface area contributed by atoms with Gasteiger partial charge in [-0.05, 0) is 69.3 Å². The molecule has 2 aliphatic heterocycles. The van der Waals surface area contributed by atoms with E-state index in [1.165, 1.54) is 6.42 Å². The number of aromatic hydroxyl groups is 1. The summed E-state index contributed by atoms with van der Waals surface area (Å²) >= 11 is 0. The minimum Gasteiger partial charge on any atom is -0.507 e. The number of nitrogens with one attached hydrogen (secondary N) is 1. The molecule has 132 valence electrons. The van der Waals surface area contributed by atoms with Crippen LogP contribution in [0.25, 0.3) is 0 Å². The van der Waals surface area contributed by atoms with Crippen molar-refractivity contribution < 1.29 is 9.90 Å². The molecular formula is C19H29N3O2. The number of benzene rings is 1. The largest absolute Gasteiger partial charge is 0.507 e. The number of phenolic OH excluding ortho intramolecular Hbond substituents is 1. The van der Waals surface area contributed by atoms with E-state index in [-0.39, 0.29) is 6.03 Å². The van der Waals surface area contributed by atoms with Gasteiger partial charge >= 0.3 is 6.03 Å². The second-order valence-corrected chi connectivity index (χ2v) is 7.42. The van der Waals surface area contributed by atoms with Crippen molar-refractivity contribution in [1.29, 1.82) is 0 Å². The van der Waals surface area contributed by atoms with Crippen molar-refractivity contribution in [2.24, 2.45) is 5.92 Å². The van der Waals surface area contributed by atoms with Crippen molar-refractivity contribution in [2.45, 2.75) is 39.2 Å². The fourth-order valence-corrected chi connectivity index (χ4v) is 4.16. The second kappa shape index (κ2) is 7.01. The molecule has 1 aromatic rings. The van der Waals surface area contributed by atoms with Gasteiger partial charge in [-0.3, -0.25) is 0 Å². The third-order valence-corrected chi connectivity index (χ3v) is 5.57. The average molecular weight is 331 g/mol. The van der Waals surface area contributed by atoms with Crippen LogP contribution in [0.3, 0.4) is 0 Å². The van der Waals surface area contributed by atoms with E-state index in [1.54, 1.807) is 0 Å². The second-order valence-electron chi connectivity index (χ2n) is 7.42. The Bertz CT molecular complexity index is 594. The first-order valence-corrected chi connectivity index (χ1v) is 8.98. The Kier molecular flexibility index (Phi) is 4.99. The molecule has 2 heterocycles. The SMILES string of the molecule is Cc1cc(CCNC(=O)N2CCC3CCN(C)CC32)cc(C)c1O. The summed E-state index contributed by atoms with van der Waals surface area (Å²) in [6.07, 6.45) is 3.13. The topological polar surface area (TPSA) is 55.8 Å². The maximum atomic E-state index is 12.5. The summed E-state index contributed by atoms with van der Waals surface area (Å²) in [5.74, 6) is 1.04. The quantitative estimate of drug-likeness (QED) is 0.893. The van der Waals surface area contributed by atoms with E-state index in [0.717, 1.165) is 49.2 Å². The van der Waals surface area contributed by atoms with Gasteiger partial charge in [0.2, 0.25) is 0 Å². The number of carbonyl (C=O) groups excluding carboxylic acids is 1. The molecule has 0 saturated carbocycles. The first-order chi connectivity index (χ1) is 11.5. The highest BCUT2D eigenvalue weighted by atomic mass is 16.3. The van der Waals surface area contributed by atoms with E-state index in [9.17, 15) is 9.90 Å². The maximum absolute atomic E-state index is 12.5. The number of hydrogen-bond acceptors (Lipinski definition) is 3. The molecule has 0 aromatic heterocycles. The number of carbonyl (C=O) groups is 1. The molecule has 5 heteroatoms. The molecule has 2 unspecified atom stereocenters. The highest BCUT2D eigenvalue weighted by Crippen LogP contribution is 2.31. The lowest BCUT2D eigenvalue weighted by Gasteiger charge is -2.36. The first kappa shape index (κ1) is 17.1. The van der Waals surface area contributed by atoms with Crippen LogP contribution in [0.4, 0.5) is 4.79 Å². The monoisotopic (exact) mass is 331 g/mol. The molecule has 2 fully saturated rings. The van der Waals surface area contributed by atoms with Crippen molar-refractivity contribution in [3.8, 4) is 5.75 Å². The zero-order chi connectivity index (χ0) is 17.3. The Labute approximate surface area is 144 Å². The minimum atomic E-state index is 0.0741. The van der Waals surface area contributed by atoms with Crippen LogP contribution < -0.4 is 5.32 Å². The highest BCUT2D eigenvalue weighted by molar-refractivity contribution is 5.75. The van der Waals surface area contributed by atoms with Gasteiger partial charge in [-0.2, -0.15) is 0 Å². The van der Waals surface area contributed by atoms with Crippen LogP contribution in [0, 0.1) is 19.8 Å². The van der Waals surface area contributed by atoms with Crippen LogP contribution in [0.1, 0.15) is 29.5 Å². The summed E-state index contributed by atoms with van der Waals surface area (Å²) in [5, 5.41) is 12.9. The average Bonchev–Trinajstić information content (AvgIpc) is 2.95. The standard InChI is InChI=1S/C19H29N3O2/c1-13-10-15(11-14(2)18(13)23)4-7-20-19(24)22-9-6-16-5-8-21(3)12-17(16)22/h10-11,16-17,23H,4-9,12H2,1-3H3,(H,20,24). The lowest BCUT2D eigenvalue weighted by Crippen LogP contribution is -2.51. The van der Waals surface area contributed by atoms with Gasteiger partial charge < -0.3 is 20.2 Å². The van der Waals surface area contributed by atoms with Crippen LogP contribution in [-0.4, -0.2) is 60.2 Å². The number of amides is 2. The van der Waals surface area contributed by atoms with Crippen molar-refractivity contribution >= 4 is 6.03 Å². The first-order valence-electron chi connectivity index (χ1n) is 8.98. The van der Waals surface area contributed by atoms with Gasteiger partial charge in [-0.15, -0.1) is 0 Å². The van der Waals surface area contributed by atoms with E-state index in [2.05, 4.69) is 17.3 Å². The van der Waals surface area contributed by atoms with E-state index >= 15 is 0 Å². The molecule has 2 amide bonds. The van der Waals surface area contributed by atoms with Crippen molar-refractivity contribution in [1.82, 2.24) is 15.1 Å². The number of fused-ring (bicyclic) bond motifs is 1. The smallest absolute Gasteiger partial charge is 0.317 e. The molecule has 2 saturated heterocycles. The fourth-order valence-electron chi connectivity index (χ4n) is 4.16. The molecule has 24 heavy (non-hydrogen) atoms. The molecule has 2 atom stereocenters. The molecule has 0 spiro atoms. The van der Waals surface area contributed by atoms with Gasteiger partial charge in [0.25, 0.3) is 0 Å². The Morgan fingerprint density at radius 3 is 2.62 bits per heavy atom. The summed E-state index contributed by atoms with van der Waals surface area (Å²) in [4.78, 5) is 16.9. The number of likely N-dealkylation sites (tertiary alicyclic amines) is 2. The Morgan fingerprint density at radius 1 is 1.25 bits per heavy atom. The lowest BCUT2D eigenvalue weighted by atomic mass is 9.92. The van der Waals surface area contributed by atoms with Crippen molar-refractivity contribution in [3.63, 3.8) is 0 Å². The zero-order valence-corrected chi connectivity index (χ0v) is 15.0. The molecule has 5 nitrogen and oxygen atoms in total.